The van der Waals surface area contributed by atoms with Gasteiger partial charge in [-0.1, -0.05) is 18.2 Å². The van der Waals surface area contributed by atoms with Crippen molar-refractivity contribution in [1.29, 1.82) is 0 Å². The number of nitrogens with one attached hydrogen (secondary N) is 1. The zero-order chi connectivity index (χ0) is 17.2. The van der Waals surface area contributed by atoms with Crippen molar-refractivity contribution >= 4 is 17.2 Å². The van der Waals surface area contributed by atoms with Crippen molar-refractivity contribution in [3.8, 4) is 11.3 Å². The Morgan fingerprint density at radius 1 is 1.28 bits per heavy atom. The summed E-state index contributed by atoms with van der Waals surface area (Å²) < 4.78 is 0. The van der Waals surface area contributed by atoms with Crippen LogP contribution in [0.5, 0.6) is 0 Å². The first-order chi connectivity index (χ1) is 12.2. The summed E-state index contributed by atoms with van der Waals surface area (Å²) in [5.74, 6) is 1.03. The van der Waals surface area contributed by atoms with E-state index in [2.05, 4.69) is 21.4 Å². The molecule has 0 aliphatic heterocycles. The lowest BCUT2D eigenvalue weighted by Gasteiger charge is -2.06. The highest BCUT2D eigenvalue weighted by Gasteiger charge is 2.38. The number of aryl methyl sites for hydroxylation is 1. The lowest BCUT2D eigenvalue weighted by Crippen LogP contribution is -2.25. The second kappa shape index (κ2) is 6.76. The third kappa shape index (κ3) is 3.61. The quantitative estimate of drug-likeness (QED) is 0.756. The van der Waals surface area contributed by atoms with Crippen LogP contribution >= 0.6 is 11.3 Å². The first-order valence-corrected chi connectivity index (χ1v) is 9.29. The number of aromatic nitrogens is 2. The fourth-order valence-electron chi connectivity index (χ4n) is 3.09. The second-order valence-electron chi connectivity index (χ2n) is 6.43. The Hall–Kier alpha value is -2.53. The molecule has 0 spiro atoms. The Morgan fingerprint density at radius 2 is 2.12 bits per heavy atom. The Balaban J connectivity index is 1.33. The molecular formula is C20H19N3OS. The van der Waals surface area contributed by atoms with E-state index >= 15 is 0 Å². The number of rotatable bonds is 5. The van der Waals surface area contributed by atoms with Crippen molar-refractivity contribution in [1.82, 2.24) is 15.3 Å². The second-order valence-corrected chi connectivity index (χ2v) is 7.49. The molecular weight excluding hydrogens is 330 g/mol. The van der Waals surface area contributed by atoms with E-state index in [-0.39, 0.29) is 5.91 Å². The van der Waals surface area contributed by atoms with Crippen molar-refractivity contribution in [3.05, 3.63) is 70.3 Å². The van der Waals surface area contributed by atoms with E-state index in [1.165, 1.54) is 5.56 Å². The van der Waals surface area contributed by atoms with E-state index < -0.39 is 0 Å². The highest BCUT2D eigenvalue weighted by Crippen LogP contribution is 2.46. The van der Waals surface area contributed by atoms with Crippen LogP contribution in [0.2, 0.25) is 0 Å². The van der Waals surface area contributed by atoms with Gasteiger partial charge in [-0.2, -0.15) is 0 Å². The molecule has 2 atom stereocenters. The van der Waals surface area contributed by atoms with Gasteiger partial charge in [-0.25, -0.2) is 4.98 Å². The van der Waals surface area contributed by atoms with Crippen molar-refractivity contribution in [2.45, 2.75) is 19.3 Å². The van der Waals surface area contributed by atoms with Crippen molar-refractivity contribution in [2.24, 2.45) is 5.92 Å². The number of carbonyl (C=O) groups is 1. The van der Waals surface area contributed by atoms with Crippen LogP contribution in [0.25, 0.3) is 11.3 Å². The first kappa shape index (κ1) is 16.0. The van der Waals surface area contributed by atoms with Crippen LogP contribution in [0.15, 0.2) is 54.2 Å². The van der Waals surface area contributed by atoms with E-state index in [9.17, 15) is 4.79 Å². The SMILES string of the molecule is Cc1nc(-c2ccc(C(=O)NC[C@@H]3C[C@H]3c3cccnc3)cc2)cs1. The molecule has 1 saturated carbocycles. The van der Waals surface area contributed by atoms with Gasteiger partial charge in [0.15, 0.2) is 0 Å². The molecule has 2 aromatic heterocycles. The van der Waals surface area contributed by atoms with Gasteiger partial charge in [0.05, 0.1) is 10.7 Å². The van der Waals surface area contributed by atoms with Gasteiger partial charge in [0.25, 0.3) is 5.91 Å². The molecule has 0 saturated heterocycles. The molecule has 1 amide bonds. The van der Waals surface area contributed by atoms with E-state index in [1.807, 2.05) is 48.8 Å². The fourth-order valence-corrected chi connectivity index (χ4v) is 3.71. The number of hydrogen-bond acceptors (Lipinski definition) is 4. The lowest BCUT2D eigenvalue weighted by molar-refractivity contribution is 0.0951. The van der Waals surface area contributed by atoms with E-state index in [1.54, 1.807) is 17.5 Å². The number of carbonyl (C=O) groups excluding carboxylic acids is 1. The average molecular weight is 349 g/mol. The molecule has 0 bridgehead atoms. The smallest absolute Gasteiger partial charge is 0.251 e. The summed E-state index contributed by atoms with van der Waals surface area (Å²) in [6, 6.07) is 11.7. The highest BCUT2D eigenvalue weighted by molar-refractivity contribution is 7.09. The fraction of sp³-hybridized carbons (Fsp3) is 0.250. The third-order valence-electron chi connectivity index (χ3n) is 4.62. The molecule has 4 nitrogen and oxygen atoms in total. The number of thiazole rings is 1. The molecule has 1 N–H and O–H groups in total. The molecule has 5 heteroatoms. The van der Waals surface area contributed by atoms with Gasteiger partial charge >= 0.3 is 0 Å². The normalized spacial score (nSPS) is 18.8. The Labute approximate surface area is 151 Å². The molecule has 126 valence electrons. The molecule has 2 heterocycles. The average Bonchev–Trinajstić information content (AvgIpc) is 3.31. The molecule has 4 rings (SSSR count). The summed E-state index contributed by atoms with van der Waals surface area (Å²) >= 11 is 1.63. The van der Waals surface area contributed by atoms with E-state index in [0.717, 1.165) is 22.7 Å². The molecule has 25 heavy (non-hydrogen) atoms. The number of hydrogen-bond donors (Lipinski definition) is 1. The minimum atomic E-state index is -0.0159. The van der Waals surface area contributed by atoms with Gasteiger partial charge < -0.3 is 5.32 Å². The molecule has 1 aliphatic rings. The van der Waals surface area contributed by atoms with Gasteiger partial charge in [-0.3, -0.25) is 9.78 Å². The predicted octanol–water partition coefficient (Wildman–Crippen LogP) is 4.05. The molecule has 0 unspecified atom stereocenters. The first-order valence-electron chi connectivity index (χ1n) is 8.41. The predicted molar refractivity (Wildman–Crippen MR) is 99.7 cm³/mol. The largest absolute Gasteiger partial charge is 0.352 e. The van der Waals surface area contributed by atoms with Crippen LogP contribution in [-0.2, 0) is 0 Å². The minimum absolute atomic E-state index is 0.0159. The number of benzene rings is 1. The van der Waals surface area contributed by atoms with Crippen molar-refractivity contribution in [2.75, 3.05) is 6.54 Å². The topological polar surface area (TPSA) is 54.9 Å². The van der Waals surface area contributed by atoms with E-state index in [0.29, 0.717) is 23.9 Å². The van der Waals surface area contributed by atoms with Gasteiger partial charge in [0.1, 0.15) is 0 Å². The number of pyridine rings is 1. The third-order valence-corrected chi connectivity index (χ3v) is 5.40. The Kier molecular flexibility index (Phi) is 4.32. The van der Waals surface area contributed by atoms with Crippen LogP contribution in [0.3, 0.4) is 0 Å². The zero-order valence-electron chi connectivity index (χ0n) is 14.0. The highest BCUT2D eigenvalue weighted by atomic mass is 32.1. The monoisotopic (exact) mass is 349 g/mol. The Bertz CT molecular complexity index is 873. The van der Waals surface area contributed by atoms with Crippen molar-refractivity contribution < 1.29 is 4.79 Å². The van der Waals surface area contributed by atoms with Gasteiger partial charge in [-0.05, 0) is 48.9 Å². The summed E-state index contributed by atoms with van der Waals surface area (Å²) in [6.07, 6.45) is 4.83. The number of amides is 1. The number of nitrogens with zero attached hydrogens (tertiary/aromatic N) is 2. The lowest BCUT2D eigenvalue weighted by atomic mass is 10.1. The Morgan fingerprint density at radius 3 is 2.80 bits per heavy atom. The van der Waals surface area contributed by atoms with Crippen LogP contribution in [0, 0.1) is 12.8 Å². The van der Waals surface area contributed by atoms with E-state index in [4.69, 9.17) is 0 Å². The van der Waals surface area contributed by atoms with Crippen LogP contribution in [0.4, 0.5) is 0 Å². The molecule has 1 aromatic carbocycles. The standard InChI is InChI=1S/C20H19N3OS/c1-13-23-19(12-25-13)14-4-6-15(7-5-14)20(24)22-11-17-9-18(17)16-3-2-8-21-10-16/h2-8,10,12,17-18H,9,11H2,1H3,(H,22,24)/t17-,18-/m0/s1. The van der Waals surface area contributed by atoms with Crippen molar-refractivity contribution in [3.63, 3.8) is 0 Å². The van der Waals surface area contributed by atoms with Crippen LogP contribution < -0.4 is 5.32 Å². The maximum atomic E-state index is 12.3. The summed E-state index contributed by atoms with van der Waals surface area (Å²) in [5, 5.41) is 6.13. The maximum absolute atomic E-state index is 12.3. The summed E-state index contributed by atoms with van der Waals surface area (Å²) in [4.78, 5) is 21.0. The minimum Gasteiger partial charge on any atom is -0.352 e. The summed E-state index contributed by atoms with van der Waals surface area (Å²) in [5.41, 5.74) is 3.96. The van der Waals surface area contributed by atoms with Crippen LogP contribution in [0.1, 0.15) is 33.3 Å². The van der Waals surface area contributed by atoms with Gasteiger partial charge in [0, 0.05) is 35.4 Å². The molecule has 1 fully saturated rings. The maximum Gasteiger partial charge on any atom is 0.251 e. The van der Waals surface area contributed by atoms with Gasteiger partial charge in [0.2, 0.25) is 0 Å². The molecule has 1 aliphatic carbocycles. The zero-order valence-corrected chi connectivity index (χ0v) is 14.8. The van der Waals surface area contributed by atoms with Gasteiger partial charge in [-0.15, -0.1) is 11.3 Å². The van der Waals surface area contributed by atoms with Crippen LogP contribution in [-0.4, -0.2) is 22.4 Å². The molecule has 0 radical (unpaired) electrons. The molecule has 3 aromatic rings. The summed E-state index contributed by atoms with van der Waals surface area (Å²) in [7, 11) is 0. The summed E-state index contributed by atoms with van der Waals surface area (Å²) in [6.45, 7) is 2.71.